The van der Waals surface area contributed by atoms with E-state index in [-0.39, 0.29) is 34.4 Å². The summed E-state index contributed by atoms with van der Waals surface area (Å²) in [5, 5.41) is 53.7. The summed E-state index contributed by atoms with van der Waals surface area (Å²) < 4.78 is 17.0. The standard InChI is InChI=1S/C27H29NO11/c1-10-22(31)13(28)6-17(38-10)39-15-8-27(36,16(30)9-29)7-12-19(15)26(35)21-20(24(12)33)23(32)11-4-3-5-14(37-2)18(11)25(21)34/h3-5,10,13,15,17,22,29,31,33,35-36H,6-9,28H2,1-2H3/t10?,13?,15-,17-,22?,27+/m0/s1. The number of fused-ring (bicyclic) bond motifs is 3. The molecule has 6 atom stereocenters. The Kier molecular flexibility index (Phi) is 6.74. The molecule has 7 N–H and O–H groups in total. The number of phenolic OH excluding ortho intramolecular Hbond substituents is 2. The maximum atomic E-state index is 13.6. The highest BCUT2D eigenvalue weighted by Gasteiger charge is 2.50. The van der Waals surface area contributed by atoms with Gasteiger partial charge in [-0.1, -0.05) is 12.1 Å². The number of aliphatic hydroxyl groups is 3. The number of hydrogen-bond donors (Lipinski definition) is 6. The van der Waals surface area contributed by atoms with E-state index in [9.17, 15) is 39.9 Å². The minimum Gasteiger partial charge on any atom is -0.507 e. The van der Waals surface area contributed by atoms with Crippen LogP contribution in [-0.4, -0.2) is 86.7 Å². The molecule has 2 aromatic rings. The molecule has 0 saturated carbocycles. The number of hydrogen-bond acceptors (Lipinski definition) is 12. The average molecular weight is 544 g/mol. The van der Waals surface area contributed by atoms with Crippen LogP contribution in [0.5, 0.6) is 17.2 Å². The summed E-state index contributed by atoms with van der Waals surface area (Å²) in [7, 11) is 1.32. The summed E-state index contributed by atoms with van der Waals surface area (Å²) in [6.45, 7) is 0.560. The second-order valence-electron chi connectivity index (χ2n) is 10.2. The quantitative estimate of drug-likeness (QED) is 0.235. The summed E-state index contributed by atoms with van der Waals surface area (Å²) in [6, 6.07) is 3.64. The van der Waals surface area contributed by atoms with Crippen molar-refractivity contribution in [2.24, 2.45) is 5.73 Å². The van der Waals surface area contributed by atoms with Gasteiger partial charge in [-0.15, -0.1) is 0 Å². The zero-order chi connectivity index (χ0) is 28.4. The van der Waals surface area contributed by atoms with Gasteiger partial charge in [0.1, 0.15) is 29.5 Å². The minimum absolute atomic E-state index is 0.0173. The number of rotatable bonds is 5. The number of ether oxygens (including phenoxy) is 3. The molecule has 0 aromatic heterocycles. The smallest absolute Gasteiger partial charge is 0.202 e. The van der Waals surface area contributed by atoms with E-state index in [1.807, 2.05) is 0 Å². The molecule has 1 aliphatic heterocycles. The zero-order valence-corrected chi connectivity index (χ0v) is 21.2. The van der Waals surface area contributed by atoms with Crippen LogP contribution >= 0.6 is 0 Å². The van der Waals surface area contributed by atoms with Gasteiger partial charge in [0.15, 0.2) is 17.9 Å². The van der Waals surface area contributed by atoms with Crippen LogP contribution in [0.1, 0.15) is 68.8 Å². The maximum Gasteiger partial charge on any atom is 0.202 e. The fraction of sp³-hybridized carbons (Fsp3) is 0.444. The lowest BCUT2D eigenvalue weighted by Crippen LogP contribution is -2.53. The van der Waals surface area contributed by atoms with Crippen molar-refractivity contribution in [2.45, 2.75) is 62.4 Å². The van der Waals surface area contributed by atoms with E-state index in [4.69, 9.17) is 19.9 Å². The number of phenols is 2. The van der Waals surface area contributed by atoms with Gasteiger partial charge in [0.05, 0.1) is 42.1 Å². The first-order valence-electron chi connectivity index (χ1n) is 12.4. The van der Waals surface area contributed by atoms with E-state index >= 15 is 0 Å². The van der Waals surface area contributed by atoms with Gasteiger partial charge in [0.2, 0.25) is 5.78 Å². The Balaban J connectivity index is 1.69. The van der Waals surface area contributed by atoms with Crippen LogP contribution in [0.25, 0.3) is 0 Å². The van der Waals surface area contributed by atoms with Crippen LogP contribution in [0, 0.1) is 0 Å². The Morgan fingerprint density at radius 2 is 1.85 bits per heavy atom. The Bertz CT molecular complexity index is 1380. The van der Waals surface area contributed by atoms with Crippen molar-refractivity contribution in [3.05, 3.63) is 51.6 Å². The van der Waals surface area contributed by atoms with E-state index in [1.54, 1.807) is 6.92 Å². The Morgan fingerprint density at radius 1 is 1.15 bits per heavy atom. The van der Waals surface area contributed by atoms with Crippen molar-refractivity contribution in [2.75, 3.05) is 13.7 Å². The van der Waals surface area contributed by atoms with Gasteiger partial charge < -0.3 is 45.5 Å². The molecule has 5 rings (SSSR count). The van der Waals surface area contributed by atoms with Crippen molar-refractivity contribution in [1.29, 1.82) is 0 Å². The van der Waals surface area contributed by atoms with Gasteiger partial charge in [-0.2, -0.15) is 0 Å². The normalized spacial score (nSPS) is 29.8. The number of Topliss-reactive ketones (excluding diaryl/α,β-unsaturated/α-hetero) is 1. The number of benzene rings is 2. The molecule has 0 bridgehead atoms. The maximum absolute atomic E-state index is 13.6. The van der Waals surface area contributed by atoms with Crippen LogP contribution in [0.15, 0.2) is 18.2 Å². The molecule has 1 heterocycles. The Labute approximate surface area is 222 Å². The molecule has 39 heavy (non-hydrogen) atoms. The van der Waals surface area contributed by atoms with Crippen LogP contribution < -0.4 is 10.5 Å². The predicted octanol–water partition coefficient (Wildman–Crippen LogP) is 0.00130. The van der Waals surface area contributed by atoms with Crippen molar-refractivity contribution in [1.82, 2.24) is 0 Å². The highest BCUT2D eigenvalue weighted by atomic mass is 16.7. The van der Waals surface area contributed by atoms with Gasteiger partial charge in [-0.3, -0.25) is 14.4 Å². The third kappa shape index (κ3) is 4.11. The molecular formula is C27H29NO11. The largest absolute Gasteiger partial charge is 0.507 e. The summed E-state index contributed by atoms with van der Waals surface area (Å²) in [5.74, 6) is -3.77. The molecule has 0 amide bonds. The van der Waals surface area contributed by atoms with E-state index in [0.717, 1.165) is 0 Å². The molecule has 0 spiro atoms. The predicted molar refractivity (Wildman–Crippen MR) is 132 cm³/mol. The summed E-state index contributed by atoms with van der Waals surface area (Å²) in [6.07, 6.45) is -5.12. The number of aromatic hydroxyl groups is 2. The summed E-state index contributed by atoms with van der Waals surface area (Å²) >= 11 is 0. The van der Waals surface area contributed by atoms with Crippen molar-refractivity contribution in [3.8, 4) is 17.2 Å². The molecule has 12 nitrogen and oxygen atoms in total. The third-order valence-electron chi connectivity index (χ3n) is 7.81. The first-order valence-corrected chi connectivity index (χ1v) is 12.4. The summed E-state index contributed by atoms with van der Waals surface area (Å²) in [4.78, 5) is 39.7. The van der Waals surface area contributed by atoms with Crippen LogP contribution in [0.3, 0.4) is 0 Å². The van der Waals surface area contributed by atoms with Crippen LogP contribution in [0.4, 0.5) is 0 Å². The monoisotopic (exact) mass is 543 g/mol. The lowest BCUT2D eigenvalue weighted by molar-refractivity contribution is -0.247. The second-order valence-corrected chi connectivity index (χ2v) is 10.2. The number of aliphatic hydroxyl groups excluding tert-OH is 2. The average Bonchev–Trinajstić information content (AvgIpc) is 2.90. The Morgan fingerprint density at radius 3 is 2.49 bits per heavy atom. The molecule has 3 unspecified atom stereocenters. The van der Waals surface area contributed by atoms with E-state index < -0.39 is 95.7 Å². The lowest BCUT2D eigenvalue weighted by Gasteiger charge is -2.42. The van der Waals surface area contributed by atoms with Crippen molar-refractivity contribution < 1.29 is 54.1 Å². The van der Waals surface area contributed by atoms with E-state index in [2.05, 4.69) is 0 Å². The molecule has 12 heteroatoms. The number of nitrogens with two attached hydrogens (primary N) is 1. The molecule has 3 aliphatic rings. The molecule has 1 fully saturated rings. The van der Waals surface area contributed by atoms with Gasteiger partial charge in [0, 0.05) is 42.0 Å². The fourth-order valence-corrected chi connectivity index (χ4v) is 5.75. The number of carbonyl (C=O) groups is 3. The second kappa shape index (κ2) is 9.66. The highest BCUT2D eigenvalue weighted by Crippen LogP contribution is 2.52. The fourth-order valence-electron chi connectivity index (χ4n) is 5.75. The zero-order valence-electron chi connectivity index (χ0n) is 21.2. The topological polar surface area (TPSA) is 206 Å². The number of carbonyl (C=O) groups excluding carboxylic acids is 3. The Hall–Kier alpha value is -3.39. The molecule has 2 aromatic carbocycles. The lowest BCUT2D eigenvalue weighted by atomic mass is 9.72. The van der Waals surface area contributed by atoms with Crippen LogP contribution in [0.2, 0.25) is 0 Å². The first kappa shape index (κ1) is 27.2. The van der Waals surface area contributed by atoms with Gasteiger partial charge in [-0.05, 0) is 13.0 Å². The molecule has 0 radical (unpaired) electrons. The molecule has 2 aliphatic carbocycles. The van der Waals surface area contributed by atoms with Gasteiger partial charge >= 0.3 is 0 Å². The molecular weight excluding hydrogens is 514 g/mol. The van der Waals surface area contributed by atoms with Crippen molar-refractivity contribution in [3.63, 3.8) is 0 Å². The summed E-state index contributed by atoms with van der Waals surface area (Å²) in [5.41, 5.74) is 2.37. The third-order valence-corrected chi connectivity index (χ3v) is 7.81. The minimum atomic E-state index is -2.24. The first-order chi connectivity index (χ1) is 18.4. The SMILES string of the molecule is COc1cccc2c1C(=O)c1c(O)c3c(c(O)c1C2=O)C[C@](O)(C(=O)CO)C[C@@H]3O[C@H]1CC(N)C(O)C(C)O1. The highest BCUT2D eigenvalue weighted by molar-refractivity contribution is 6.31. The van der Waals surface area contributed by atoms with Crippen LogP contribution in [-0.2, 0) is 20.7 Å². The van der Waals surface area contributed by atoms with E-state index in [0.29, 0.717) is 0 Å². The number of methoxy groups -OCH3 is 1. The number of ketones is 3. The van der Waals surface area contributed by atoms with Gasteiger partial charge in [-0.25, -0.2) is 0 Å². The molecule has 1 saturated heterocycles. The van der Waals surface area contributed by atoms with Gasteiger partial charge in [0.25, 0.3) is 0 Å². The van der Waals surface area contributed by atoms with E-state index in [1.165, 1.54) is 25.3 Å². The molecule has 208 valence electrons. The van der Waals surface area contributed by atoms with Crippen molar-refractivity contribution >= 4 is 17.3 Å².